The number of fused-ring (bicyclic) bond motifs is 5. The lowest BCUT2D eigenvalue weighted by atomic mass is 10.1. The first-order valence-electron chi connectivity index (χ1n) is 14.5. The predicted molar refractivity (Wildman–Crippen MR) is 180 cm³/mol. The lowest BCUT2D eigenvalue weighted by Gasteiger charge is -2.32. The molecule has 9 rings (SSSR count). The zero-order valence-electron chi connectivity index (χ0n) is 23.5. The van der Waals surface area contributed by atoms with Crippen molar-refractivity contribution in [3.8, 4) is 39.1 Å². The lowest BCUT2D eigenvalue weighted by molar-refractivity contribution is 0.477. The number of benzene rings is 6. The van der Waals surface area contributed by atoms with Gasteiger partial charge in [0.25, 0.3) is 0 Å². The molecule has 0 saturated heterocycles. The minimum absolute atomic E-state index is 0.728. The first kappa shape index (κ1) is 24.8. The molecule has 0 bridgehead atoms. The van der Waals surface area contributed by atoms with Gasteiger partial charge in [-0.25, -0.2) is 4.98 Å². The van der Waals surface area contributed by atoms with Crippen LogP contribution in [0.25, 0.3) is 49.5 Å². The fourth-order valence-electron chi connectivity index (χ4n) is 6.15. The van der Waals surface area contributed by atoms with Gasteiger partial charge in [-0.15, -0.1) is 0 Å². The van der Waals surface area contributed by atoms with E-state index in [9.17, 15) is 0 Å². The molecule has 0 radical (unpaired) electrons. The Morgan fingerprint density at radius 1 is 0.500 bits per heavy atom. The van der Waals surface area contributed by atoms with E-state index in [0.717, 1.165) is 56.2 Å². The van der Waals surface area contributed by atoms with Crippen molar-refractivity contribution in [1.29, 1.82) is 0 Å². The van der Waals surface area contributed by atoms with Gasteiger partial charge in [0.1, 0.15) is 5.01 Å². The second kappa shape index (κ2) is 9.93. The van der Waals surface area contributed by atoms with Crippen LogP contribution in [0.15, 0.2) is 146 Å². The third-order valence-corrected chi connectivity index (χ3v) is 8.96. The summed E-state index contributed by atoms with van der Waals surface area (Å²) in [5, 5.41) is 3.41. The zero-order valence-corrected chi connectivity index (χ0v) is 24.3. The number of nitrogens with zero attached hydrogens (tertiary/aromatic N) is 4. The van der Waals surface area contributed by atoms with Crippen molar-refractivity contribution in [2.24, 2.45) is 0 Å². The first-order valence-corrected chi connectivity index (χ1v) is 15.3. The standard InChI is InChI=1S/C38H24N4OS/c1-3-11-31-29(9-1)30-10-2-4-12-32(30)41(31)27-23-19-26(20-24-27)38-39-37(40-44-38)25-17-21-28(22-18-25)42-33-13-5-7-15-35(33)43-36-16-8-6-14-34(36)42/h1-24H. The van der Waals surface area contributed by atoms with Crippen molar-refractivity contribution in [2.45, 2.75) is 0 Å². The highest BCUT2D eigenvalue weighted by atomic mass is 32.1. The summed E-state index contributed by atoms with van der Waals surface area (Å²) in [5.41, 5.74) is 8.63. The molecule has 6 aromatic carbocycles. The molecule has 0 unspecified atom stereocenters. The highest BCUT2D eigenvalue weighted by Gasteiger charge is 2.25. The van der Waals surface area contributed by atoms with Crippen LogP contribution in [0.2, 0.25) is 0 Å². The Hall–Kier alpha value is -5.72. The van der Waals surface area contributed by atoms with E-state index in [0.29, 0.717) is 0 Å². The molecular weight excluding hydrogens is 561 g/mol. The van der Waals surface area contributed by atoms with Crippen LogP contribution in [0.1, 0.15) is 0 Å². The Morgan fingerprint density at radius 3 is 1.66 bits per heavy atom. The number of ether oxygens (including phenoxy) is 1. The largest absolute Gasteiger partial charge is 0.453 e. The minimum atomic E-state index is 0.728. The quantitative estimate of drug-likeness (QED) is 0.206. The number of hydrogen-bond acceptors (Lipinski definition) is 5. The lowest BCUT2D eigenvalue weighted by Crippen LogP contribution is -2.15. The maximum Gasteiger partial charge on any atom is 0.173 e. The molecule has 0 spiro atoms. The molecule has 0 N–H and O–H groups in total. The predicted octanol–water partition coefficient (Wildman–Crippen LogP) is 10.5. The molecule has 0 saturated carbocycles. The topological polar surface area (TPSA) is 43.2 Å². The van der Waals surface area contributed by atoms with Gasteiger partial charge in [-0.3, -0.25) is 0 Å². The molecule has 6 heteroatoms. The molecule has 0 amide bonds. The van der Waals surface area contributed by atoms with Crippen LogP contribution in [-0.2, 0) is 0 Å². The van der Waals surface area contributed by atoms with E-state index in [-0.39, 0.29) is 0 Å². The molecule has 0 fully saturated rings. The van der Waals surface area contributed by atoms with E-state index in [1.165, 1.54) is 33.3 Å². The maximum atomic E-state index is 6.17. The number of aromatic nitrogens is 3. The fourth-order valence-corrected chi connectivity index (χ4v) is 6.84. The van der Waals surface area contributed by atoms with Crippen molar-refractivity contribution in [3.63, 3.8) is 0 Å². The van der Waals surface area contributed by atoms with Crippen LogP contribution >= 0.6 is 11.5 Å². The van der Waals surface area contributed by atoms with Gasteiger partial charge in [0.2, 0.25) is 0 Å². The van der Waals surface area contributed by atoms with Gasteiger partial charge in [0.05, 0.1) is 22.4 Å². The van der Waals surface area contributed by atoms with Gasteiger partial charge < -0.3 is 14.2 Å². The van der Waals surface area contributed by atoms with Gasteiger partial charge in [0, 0.05) is 33.3 Å². The molecular formula is C38H24N4OS. The first-order chi connectivity index (χ1) is 21.8. The summed E-state index contributed by atoms with van der Waals surface area (Å²) in [4.78, 5) is 7.16. The van der Waals surface area contributed by atoms with E-state index < -0.39 is 0 Å². The monoisotopic (exact) mass is 584 g/mol. The Balaban J connectivity index is 1.02. The number of para-hydroxylation sites is 6. The summed E-state index contributed by atoms with van der Waals surface area (Å²) in [5.74, 6) is 2.40. The molecule has 1 aliphatic rings. The van der Waals surface area contributed by atoms with Gasteiger partial charge in [0.15, 0.2) is 17.3 Å². The van der Waals surface area contributed by atoms with Crippen LogP contribution in [0, 0.1) is 0 Å². The fraction of sp³-hybridized carbons (Fsp3) is 0. The third kappa shape index (κ3) is 3.92. The molecule has 0 aliphatic carbocycles. The number of rotatable bonds is 4. The molecule has 1 aliphatic heterocycles. The normalized spacial score (nSPS) is 12.2. The molecule has 2 aromatic heterocycles. The minimum Gasteiger partial charge on any atom is -0.453 e. The zero-order chi connectivity index (χ0) is 29.0. The van der Waals surface area contributed by atoms with Crippen LogP contribution in [0.5, 0.6) is 11.5 Å². The summed E-state index contributed by atoms with van der Waals surface area (Å²) in [6, 6.07) is 50.4. The summed E-state index contributed by atoms with van der Waals surface area (Å²) in [7, 11) is 0. The smallest absolute Gasteiger partial charge is 0.173 e. The summed E-state index contributed by atoms with van der Waals surface area (Å²) in [6.07, 6.45) is 0. The average Bonchev–Trinajstić information content (AvgIpc) is 3.71. The Kier molecular flexibility index (Phi) is 5.61. The van der Waals surface area contributed by atoms with Crippen molar-refractivity contribution in [1.82, 2.24) is 13.9 Å². The Bertz CT molecular complexity index is 2220. The van der Waals surface area contributed by atoms with Gasteiger partial charge >= 0.3 is 0 Å². The molecule has 44 heavy (non-hydrogen) atoms. The van der Waals surface area contributed by atoms with Gasteiger partial charge in [-0.05, 0) is 96.5 Å². The van der Waals surface area contributed by atoms with Crippen molar-refractivity contribution >= 4 is 50.4 Å². The molecule has 208 valence electrons. The van der Waals surface area contributed by atoms with Gasteiger partial charge in [-0.2, -0.15) is 4.37 Å². The molecule has 3 heterocycles. The molecule has 5 nitrogen and oxygen atoms in total. The van der Waals surface area contributed by atoms with Gasteiger partial charge in [-0.1, -0.05) is 60.7 Å². The third-order valence-electron chi connectivity index (χ3n) is 8.19. The average molecular weight is 585 g/mol. The van der Waals surface area contributed by atoms with Crippen LogP contribution < -0.4 is 9.64 Å². The van der Waals surface area contributed by atoms with Crippen molar-refractivity contribution in [2.75, 3.05) is 4.90 Å². The van der Waals surface area contributed by atoms with Crippen molar-refractivity contribution in [3.05, 3.63) is 146 Å². The van der Waals surface area contributed by atoms with Crippen LogP contribution in [-0.4, -0.2) is 13.9 Å². The number of hydrogen-bond donors (Lipinski definition) is 0. The highest BCUT2D eigenvalue weighted by molar-refractivity contribution is 7.09. The summed E-state index contributed by atoms with van der Waals surface area (Å²) >= 11 is 1.42. The van der Waals surface area contributed by atoms with Crippen molar-refractivity contribution < 1.29 is 4.74 Å². The second-order valence-electron chi connectivity index (χ2n) is 10.8. The van der Waals surface area contributed by atoms with Crippen LogP contribution in [0.4, 0.5) is 17.1 Å². The highest BCUT2D eigenvalue weighted by Crippen LogP contribution is 2.50. The van der Waals surface area contributed by atoms with Crippen LogP contribution in [0.3, 0.4) is 0 Å². The van der Waals surface area contributed by atoms with E-state index in [1.807, 2.05) is 36.4 Å². The Morgan fingerprint density at radius 2 is 1.02 bits per heavy atom. The Labute approximate surface area is 258 Å². The van der Waals surface area contributed by atoms with E-state index in [2.05, 4.69) is 119 Å². The molecule has 8 aromatic rings. The number of anilines is 3. The van der Waals surface area contributed by atoms with E-state index >= 15 is 0 Å². The summed E-state index contributed by atoms with van der Waals surface area (Å²) in [6.45, 7) is 0. The van der Waals surface area contributed by atoms with E-state index in [4.69, 9.17) is 14.1 Å². The van der Waals surface area contributed by atoms with E-state index in [1.54, 1.807) is 0 Å². The molecule has 0 atom stereocenters. The summed E-state index contributed by atoms with van der Waals surface area (Å²) < 4.78 is 13.2. The maximum absolute atomic E-state index is 6.17. The SMILES string of the molecule is c1ccc2c(c1)Oc1ccccc1N2c1ccc(-c2nsc(-c3ccc(-n4c5ccccc5c5ccccc54)cc3)n2)cc1. The second-order valence-corrected chi connectivity index (χ2v) is 11.5.